The van der Waals surface area contributed by atoms with E-state index in [1.807, 2.05) is 12.1 Å². The first-order valence-corrected chi connectivity index (χ1v) is 10.3. The lowest BCUT2D eigenvalue weighted by Crippen LogP contribution is -2.47. The summed E-state index contributed by atoms with van der Waals surface area (Å²) in [5, 5.41) is 13.9. The zero-order chi connectivity index (χ0) is 21.8. The third-order valence-corrected chi connectivity index (χ3v) is 5.30. The number of hydrogen-bond acceptors (Lipinski definition) is 8. The fourth-order valence-electron chi connectivity index (χ4n) is 3.63. The predicted molar refractivity (Wildman–Crippen MR) is 120 cm³/mol. The number of tetrazole rings is 1. The third kappa shape index (κ3) is 4.24. The highest BCUT2D eigenvalue weighted by Crippen LogP contribution is 2.19. The molecule has 160 valence electrons. The normalized spacial score (nSPS) is 13.8. The summed E-state index contributed by atoms with van der Waals surface area (Å²) in [6, 6.07) is 17.4. The van der Waals surface area contributed by atoms with Crippen molar-refractivity contribution in [3.63, 3.8) is 0 Å². The Kier molecular flexibility index (Phi) is 5.39. The van der Waals surface area contributed by atoms with E-state index in [0.29, 0.717) is 22.9 Å². The summed E-state index contributed by atoms with van der Waals surface area (Å²) in [7, 11) is 0. The van der Waals surface area contributed by atoms with E-state index in [1.165, 1.54) is 16.7 Å². The fourth-order valence-corrected chi connectivity index (χ4v) is 3.63. The molecule has 10 heteroatoms. The van der Waals surface area contributed by atoms with Gasteiger partial charge in [-0.3, -0.25) is 4.79 Å². The maximum absolute atomic E-state index is 12.6. The molecule has 1 amide bonds. The van der Waals surface area contributed by atoms with E-state index in [0.717, 1.165) is 26.2 Å². The average molecular weight is 427 g/mol. The number of aromatic nitrogens is 6. The van der Waals surface area contributed by atoms with Crippen LogP contribution in [-0.4, -0.2) is 62.3 Å². The van der Waals surface area contributed by atoms with Gasteiger partial charge in [0.25, 0.3) is 5.91 Å². The number of piperazine rings is 1. The van der Waals surface area contributed by atoms with Gasteiger partial charge in [-0.2, -0.15) is 0 Å². The topological polar surface area (TPSA) is 105 Å². The quantitative estimate of drug-likeness (QED) is 0.516. The van der Waals surface area contributed by atoms with Crippen molar-refractivity contribution in [3.8, 4) is 5.69 Å². The first kappa shape index (κ1) is 19.6. The average Bonchev–Trinajstić information content (AvgIpc) is 3.41. The van der Waals surface area contributed by atoms with Crippen LogP contribution in [0.3, 0.4) is 0 Å². The number of para-hydroxylation sites is 1. The van der Waals surface area contributed by atoms with Crippen LogP contribution in [-0.2, 0) is 0 Å². The van der Waals surface area contributed by atoms with Crippen LogP contribution in [0.4, 0.5) is 17.3 Å². The summed E-state index contributed by atoms with van der Waals surface area (Å²) in [6.07, 6.45) is 4.74. The van der Waals surface area contributed by atoms with E-state index >= 15 is 0 Å². The number of hydrogen-bond donors (Lipinski definition) is 1. The first-order valence-electron chi connectivity index (χ1n) is 10.3. The summed E-state index contributed by atoms with van der Waals surface area (Å²) in [4.78, 5) is 26.1. The van der Waals surface area contributed by atoms with E-state index < -0.39 is 0 Å². The molecule has 0 radical (unpaired) electrons. The van der Waals surface area contributed by atoms with Crippen molar-refractivity contribution in [1.82, 2.24) is 30.2 Å². The van der Waals surface area contributed by atoms with Crippen molar-refractivity contribution < 1.29 is 4.79 Å². The van der Waals surface area contributed by atoms with Gasteiger partial charge in [-0.1, -0.05) is 24.3 Å². The molecule has 0 saturated carbocycles. The number of benzene rings is 2. The minimum Gasteiger partial charge on any atom is -0.368 e. The number of carbonyl (C=O) groups is 1. The standard InChI is InChI=1S/C22H21N9O/c32-21(17-5-4-8-20(13-17)31-16-25-27-28-31)26-18-14-23-22(24-15-18)30-11-9-29(10-12-30)19-6-2-1-3-7-19/h1-8,13-16H,9-12H2,(H,26,32). The lowest BCUT2D eigenvalue weighted by molar-refractivity contribution is 0.102. The smallest absolute Gasteiger partial charge is 0.255 e. The van der Waals surface area contributed by atoms with Gasteiger partial charge in [-0.05, 0) is 40.8 Å². The van der Waals surface area contributed by atoms with Crippen LogP contribution < -0.4 is 15.1 Å². The van der Waals surface area contributed by atoms with Gasteiger partial charge >= 0.3 is 0 Å². The van der Waals surface area contributed by atoms with Gasteiger partial charge < -0.3 is 15.1 Å². The van der Waals surface area contributed by atoms with Crippen LogP contribution in [0, 0.1) is 0 Å². The van der Waals surface area contributed by atoms with E-state index in [9.17, 15) is 4.79 Å². The fraction of sp³-hybridized carbons (Fsp3) is 0.182. The monoisotopic (exact) mass is 427 g/mol. The van der Waals surface area contributed by atoms with Crippen molar-refractivity contribution in [2.45, 2.75) is 0 Å². The van der Waals surface area contributed by atoms with Crippen LogP contribution >= 0.6 is 0 Å². The van der Waals surface area contributed by atoms with Crippen LogP contribution in [0.25, 0.3) is 5.69 Å². The molecule has 0 bridgehead atoms. The van der Waals surface area contributed by atoms with E-state index in [2.05, 4.69) is 64.9 Å². The SMILES string of the molecule is O=C(Nc1cnc(N2CCN(c3ccccc3)CC2)nc1)c1cccc(-n2cnnn2)c1. The molecule has 0 spiro atoms. The van der Waals surface area contributed by atoms with Gasteiger partial charge in [-0.15, -0.1) is 5.10 Å². The molecular formula is C22H21N9O. The lowest BCUT2D eigenvalue weighted by Gasteiger charge is -2.36. The van der Waals surface area contributed by atoms with E-state index in [1.54, 1.807) is 30.6 Å². The van der Waals surface area contributed by atoms with Crippen LogP contribution in [0.1, 0.15) is 10.4 Å². The molecule has 1 aliphatic rings. The molecule has 1 aliphatic heterocycles. The minimum atomic E-state index is -0.257. The largest absolute Gasteiger partial charge is 0.368 e. The molecule has 10 nitrogen and oxygen atoms in total. The van der Waals surface area contributed by atoms with Crippen LogP contribution in [0.5, 0.6) is 0 Å². The Labute approximate surface area is 184 Å². The van der Waals surface area contributed by atoms with Crippen molar-refractivity contribution in [2.75, 3.05) is 41.3 Å². The molecule has 1 saturated heterocycles. The maximum atomic E-state index is 12.6. The molecule has 1 N–H and O–H groups in total. The number of amides is 1. The van der Waals surface area contributed by atoms with Crippen molar-refractivity contribution in [3.05, 3.63) is 78.9 Å². The number of rotatable bonds is 5. The third-order valence-electron chi connectivity index (χ3n) is 5.30. The Hall–Kier alpha value is -4.34. The van der Waals surface area contributed by atoms with Gasteiger partial charge in [0, 0.05) is 37.4 Å². The number of carbonyl (C=O) groups excluding carboxylic acids is 1. The molecule has 2 aromatic heterocycles. The lowest BCUT2D eigenvalue weighted by atomic mass is 10.2. The number of anilines is 3. The summed E-state index contributed by atoms with van der Waals surface area (Å²) in [6.45, 7) is 3.49. The Morgan fingerprint density at radius 2 is 1.56 bits per heavy atom. The Bertz CT molecular complexity index is 1170. The summed E-state index contributed by atoms with van der Waals surface area (Å²) >= 11 is 0. The minimum absolute atomic E-state index is 0.257. The zero-order valence-electron chi connectivity index (χ0n) is 17.2. The molecule has 0 atom stereocenters. The summed E-state index contributed by atoms with van der Waals surface area (Å²) < 4.78 is 1.49. The molecule has 5 rings (SSSR count). The van der Waals surface area contributed by atoms with Crippen molar-refractivity contribution in [1.29, 1.82) is 0 Å². The molecule has 2 aromatic carbocycles. The van der Waals surface area contributed by atoms with Gasteiger partial charge in [-0.25, -0.2) is 14.6 Å². The molecule has 0 aliphatic carbocycles. The molecule has 32 heavy (non-hydrogen) atoms. The maximum Gasteiger partial charge on any atom is 0.255 e. The molecule has 4 aromatic rings. The number of nitrogens with zero attached hydrogens (tertiary/aromatic N) is 8. The van der Waals surface area contributed by atoms with Crippen LogP contribution in [0.15, 0.2) is 73.3 Å². The Morgan fingerprint density at radius 3 is 2.28 bits per heavy atom. The zero-order valence-corrected chi connectivity index (χ0v) is 17.2. The molecule has 1 fully saturated rings. The highest BCUT2D eigenvalue weighted by molar-refractivity contribution is 6.04. The van der Waals surface area contributed by atoms with Gasteiger partial charge in [0.1, 0.15) is 6.33 Å². The van der Waals surface area contributed by atoms with Gasteiger partial charge in [0.05, 0.1) is 23.8 Å². The van der Waals surface area contributed by atoms with Gasteiger partial charge in [0.2, 0.25) is 5.95 Å². The highest BCUT2D eigenvalue weighted by Gasteiger charge is 2.19. The van der Waals surface area contributed by atoms with E-state index in [4.69, 9.17) is 0 Å². The number of nitrogens with one attached hydrogen (secondary N) is 1. The summed E-state index contributed by atoms with van der Waals surface area (Å²) in [5.41, 5.74) is 2.95. The van der Waals surface area contributed by atoms with E-state index in [-0.39, 0.29) is 5.91 Å². The second-order valence-corrected chi connectivity index (χ2v) is 7.34. The molecule has 3 heterocycles. The summed E-state index contributed by atoms with van der Waals surface area (Å²) in [5.74, 6) is 0.407. The second-order valence-electron chi connectivity index (χ2n) is 7.34. The van der Waals surface area contributed by atoms with Crippen molar-refractivity contribution >= 4 is 23.2 Å². The molecular weight excluding hydrogens is 406 g/mol. The van der Waals surface area contributed by atoms with Crippen LogP contribution in [0.2, 0.25) is 0 Å². The highest BCUT2D eigenvalue weighted by atomic mass is 16.1. The Balaban J connectivity index is 1.20. The predicted octanol–water partition coefficient (Wildman–Crippen LogP) is 2.03. The first-order chi connectivity index (χ1) is 15.8. The van der Waals surface area contributed by atoms with Crippen molar-refractivity contribution in [2.24, 2.45) is 0 Å². The van der Waals surface area contributed by atoms with Gasteiger partial charge in [0.15, 0.2) is 0 Å². The molecule has 0 unspecified atom stereocenters. The second kappa shape index (κ2) is 8.80. The Morgan fingerprint density at radius 1 is 0.844 bits per heavy atom.